The smallest absolute Gasteiger partial charge is 0.328 e. The first-order valence-electron chi connectivity index (χ1n) is 11.8. The maximum absolute atomic E-state index is 14.0. The molecular weight excluding hydrogens is 454 g/mol. The van der Waals surface area contributed by atoms with Crippen molar-refractivity contribution in [1.82, 2.24) is 5.32 Å². The van der Waals surface area contributed by atoms with Crippen molar-refractivity contribution in [2.45, 2.75) is 56.1 Å². The van der Waals surface area contributed by atoms with Crippen molar-refractivity contribution >= 4 is 15.8 Å². The molecule has 188 valence electrons. The molecule has 7 nitrogen and oxygen atoms in total. The van der Waals surface area contributed by atoms with Gasteiger partial charge in [0.1, 0.15) is 18.1 Å². The number of hydrogen-bond acceptors (Lipinski definition) is 7. The molecule has 0 fully saturated rings. The highest BCUT2D eigenvalue weighted by Crippen LogP contribution is 2.36. The summed E-state index contributed by atoms with van der Waals surface area (Å²) >= 11 is 0. The molecule has 0 aliphatic carbocycles. The lowest BCUT2D eigenvalue weighted by Crippen LogP contribution is -2.49. The Morgan fingerprint density at radius 3 is 2.18 bits per heavy atom. The number of nitrogens with one attached hydrogen (secondary N) is 1. The molecule has 34 heavy (non-hydrogen) atoms. The van der Waals surface area contributed by atoms with E-state index in [4.69, 9.17) is 14.2 Å². The van der Waals surface area contributed by atoms with Crippen molar-refractivity contribution in [3.8, 4) is 11.5 Å². The van der Waals surface area contributed by atoms with Crippen LogP contribution < -0.4 is 14.8 Å². The van der Waals surface area contributed by atoms with Gasteiger partial charge >= 0.3 is 5.97 Å². The van der Waals surface area contributed by atoms with E-state index in [9.17, 15) is 13.2 Å². The van der Waals surface area contributed by atoms with Gasteiger partial charge in [0.05, 0.1) is 18.6 Å². The molecule has 1 unspecified atom stereocenters. The number of rotatable bonds is 15. The minimum atomic E-state index is -4.08. The number of ether oxygens (including phenoxy) is 3. The van der Waals surface area contributed by atoms with Gasteiger partial charge in [-0.3, -0.25) is 4.79 Å². The highest BCUT2D eigenvalue weighted by Gasteiger charge is 2.52. The summed E-state index contributed by atoms with van der Waals surface area (Å²) in [7, 11) is -2.56. The standard InChI is InChI=1S/C26H37NO6S/c1-5-8-17-26(25(28)32-7-3,34(29,30)24-15-13-22(31-4)14-16-24)20-21-9-11-23(12-10-21)33-19-18-27-6-2/h9-16,27H,5-8,17-20H2,1-4H3. The number of unbranched alkanes of at least 4 members (excludes halogenated alkanes) is 1. The molecule has 0 heterocycles. The van der Waals surface area contributed by atoms with E-state index in [1.165, 1.54) is 19.2 Å². The third kappa shape index (κ3) is 6.73. The van der Waals surface area contributed by atoms with Crippen LogP contribution in [0.15, 0.2) is 53.4 Å². The second-order valence-corrected chi connectivity index (χ2v) is 10.3. The van der Waals surface area contributed by atoms with Gasteiger partial charge in [-0.15, -0.1) is 0 Å². The van der Waals surface area contributed by atoms with Gasteiger partial charge in [-0.25, -0.2) is 8.42 Å². The molecule has 0 aliphatic heterocycles. The molecule has 2 aromatic rings. The van der Waals surface area contributed by atoms with Crippen LogP contribution in [0.4, 0.5) is 0 Å². The quantitative estimate of drug-likeness (QED) is 0.295. The fraction of sp³-hybridized carbons (Fsp3) is 0.500. The molecule has 0 aromatic heterocycles. The van der Waals surface area contributed by atoms with Crippen LogP contribution in [0.5, 0.6) is 11.5 Å². The Kier molecular flexibility index (Phi) is 10.9. The number of likely N-dealkylation sites (N-methyl/N-ethyl adjacent to an activating group) is 1. The molecule has 0 amide bonds. The third-order valence-corrected chi connectivity index (χ3v) is 8.11. The number of carbonyl (C=O) groups excluding carboxylic acids is 1. The van der Waals surface area contributed by atoms with Crippen LogP contribution in [0.2, 0.25) is 0 Å². The Balaban J connectivity index is 2.44. The van der Waals surface area contributed by atoms with Crippen molar-refractivity contribution in [1.29, 1.82) is 0 Å². The number of methoxy groups -OCH3 is 1. The van der Waals surface area contributed by atoms with E-state index >= 15 is 0 Å². The fourth-order valence-electron chi connectivity index (χ4n) is 3.76. The van der Waals surface area contributed by atoms with Crippen LogP contribution in [0.3, 0.4) is 0 Å². The van der Waals surface area contributed by atoms with Gasteiger partial charge in [0, 0.05) is 13.0 Å². The normalized spacial score (nSPS) is 13.2. The van der Waals surface area contributed by atoms with Crippen LogP contribution in [-0.2, 0) is 25.8 Å². The van der Waals surface area contributed by atoms with Crippen LogP contribution in [0, 0.1) is 0 Å². The summed E-state index contributed by atoms with van der Waals surface area (Å²) in [5.41, 5.74) is 0.722. The minimum Gasteiger partial charge on any atom is -0.497 e. The van der Waals surface area contributed by atoms with Crippen molar-refractivity contribution in [3.05, 3.63) is 54.1 Å². The summed E-state index contributed by atoms with van der Waals surface area (Å²) in [5.74, 6) is 0.513. The summed E-state index contributed by atoms with van der Waals surface area (Å²) < 4.78 is 42.5. The average Bonchev–Trinajstić information content (AvgIpc) is 2.85. The molecule has 0 radical (unpaired) electrons. The van der Waals surface area contributed by atoms with Crippen molar-refractivity contribution < 1.29 is 27.4 Å². The Bertz CT molecular complexity index is 989. The van der Waals surface area contributed by atoms with Gasteiger partial charge < -0.3 is 19.5 Å². The second kappa shape index (κ2) is 13.3. The van der Waals surface area contributed by atoms with Crippen LogP contribution in [0.1, 0.15) is 45.6 Å². The summed E-state index contributed by atoms with van der Waals surface area (Å²) in [6, 6.07) is 13.4. The summed E-state index contributed by atoms with van der Waals surface area (Å²) in [4.78, 5) is 13.4. The monoisotopic (exact) mass is 491 g/mol. The third-order valence-electron chi connectivity index (χ3n) is 5.68. The van der Waals surface area contributed by atoms with Gasteiger partial charge in [0.15, 0.2) is 14.6 Å². The molecule has 0 saturated carbocycles. The summed E-state index contributed by atoms with van der Waals surface area (Å²) in [6.07, 6.45) is 1.49. The van der Waals surface area contributed by atoms with Gasteiger partial charge in [-0.2, -0.15) is 0 Å². The molecule has 1 N–H and O–H groups in total. The van der Waals surface area contributed by atoms with Crippen molar-refractivity contribution in [2.24, 2.45) is 0 Å². The molecule has 8 heteroatoms. The number of esters is 1. The second-order valence-electron chi connectivity index (χ2n) is 8.02. The number of sulfone groups is 1. The zero-order valence-electron chi connectivity index (χ0n) is 20.6. The summed E-state index contributed by atoms with van der Waals surface area (Å²) in [5, 5.41) is 3.19. The maximum atomic E-state index is 14.0. The topological polar surface area (TPSA) is 90.9 Å². The lowest BCUT2D eigenvalue weighted by Gasteiger charge is -2.31. The van der Waals surface area contributed by atoms with E-state index in [0.717, 1.165) is 25.1 Å². The molecule has 2 rings (SSSR count). The van der Waals surface area contributed by atoms with E-state index in [1.807, 2.05) is 26.0 Å². The van der Waals surface area contributed by atoms with Gasteiger partial charge in [-0.05, 0) is 61.9 Å². The van der Waals surface area contributed by atoms with E-state index in [-0.39, 0.29) is 24.3 Å². The molecule has 2 aromatic carbocycles. The lowest BCUT2D eigenvalue weighted by atomic mass is 9.93. The fourth-order valence-corrected chi connectivity index (χ4v) is 5.75. The molecule has 0 spiro atoms. The SMILES string of the molecule is CCCCC(Cc1ccc(OCCNCC)cc1)(C(=O)OCC)S(=O)(=O)c1ccc(OC)cc1. The zero-order chi connectivity index (χ0) is 25.0. The van der Waals surface area contributed by atoms with Gasteiger partial charge in [0.25, 0.3) is 0 Å². The van der Waals surface area contributed by atoms with Gasteiger partial charge in [-0.1, -0.05) is 38.8 Å². The van der Waals surface area contributed by atoms with E-state index in [2.05, 4.69) is 5.32 Å². The van der Waals surface area contributed by atoms with E-state index in [1.54, 1.807) is 31.2 Å². The van der Waals surface area contributed by atoms with Crippen LogP contribution in [-0.4, -0.2) is 52.5 Å². The molecule has 0 bridgehead atoms. The van der Waals surface area contributed by atoms with E-state index in [0.29, 0.717) is 24.5 Å². The van der Waals surface area contributed by atoms with E-state index < -0.39 is 20.6 Å². The summed E-state index contributed by atoms with van der Waals surface area (Å²) in [6.45, 7) is 7.92. The number of hydrogen-bond donors (Lipinski definition) is 1. The largest absolute Gasteiger partial charge is 0.497 e. The Morgan fingerprint density at radius 1 is 0.971 bits per heavy atom. The van der Waals surface area contributed by atoms with Crippen LogP contribution in [0.25, 0.3) is 0 Å². The first-order chi connectivity index (χ1) is 16.3. The highest BCUT2D eigenvalue weighted by atomic mass is 32.2. The predicted molar refractivity (Wildman–Crippen MR) is 133 cm³/mol. The lowest BCUT2D eigenvalue weighted by molar-refractivity contribution is -0.146. The molecule has 1 atom stereocenters. The predicted octanol–water partition coefficient (Wildman–Crippen LogP) is 4.19. The first kappa shape index (κ1) is 27.7. The molecular formula is C26H37NO6S. The molecule has 0 saturated heterocycles. The van der Waals surface area contributed by atoms with Crippen LogP contribution >= 0.6 is 0 Å². The maximum Gasteiger partial charge on any atom is 0.328 e. The Hall–Kier alpha value is -2.58. The van der Waals surface area contributed by atoms with Crippen molar-refractivity contribution in [2.75, 3.05) is 33.4 Å². The minimum absolute atomic E-state index is 0.0118. The van der Waals surface area contributed by atoms with Gasteiger partial charge in [0.2, 0.25) is 0 Å². The molecule has 0 aliphatic rings. The average molecular weight is 492 g/mol. The Labute approximate surface area is 203 Å². The Morgan fingerprint density at radius 2 is 1.62 bits per heavy atom. The first-order valence-corrected chi connectivity index (χ1v) is 13.3. The number of carbonyl (C=O) groups is 1. The highest BCUT2D eigenvalue weighted by molar-refractivity contribution is 7.93. The zero-order valence-corrected chi connectivity index (χ0v) is 21.4. The van der Waals surface area contributed by atoms with Crippen molar-refractivity contribution in [3.63, 3.8) is 0 Å². The number of benzene rings is 2.